The summed E-state index contributed by atoms with van der Waals surface area (Å²) in [7, 11) is 1.79. The Morgan fingerprint density at radius 2 is 1.89 bits per heavy atom. The average molecular weight is 407 g/mol. The van der Waals surface area contributed by atoms with Crippen LogP contribution < -0.4 is 10.1 Å². The number of nitrogens with one attached hydrogen (secondary N) is 1. The van der Waals surface area contributed by atoms with Crippen LogP contribution in [0.15, 0.2) is 53.7 Å². The summed E-state index contributed by atoms with van der Waals surface area (Å²) in [4.78, 5) is 12.0. The van der Waals surface area contributed by atoms with Gasteiger partial charge in [0, 0.05) is 17.8 Å². The molecule has 1 amide bonds. The Balaban J connectivity index is 1.51. The molecule has 0 radical (unpaired) electrons. The van der Waals surface area contributed by atoms with Gasteiger partial charge in [-0.05, 0) is 48.5 Å². The summed E-state index contributed by atoms with van der Waals surface area (Å²) in [6.07, 6.45) is 0. The third-order valence-electron chi connectivity index (χ3n) is 3.57. The van der Waals surface area contributed by atoms with Gasteiger partial charge < -0.3 is 14.6 Å². The number of hydrogen-bond donors (Lipinski definition) is 1. The molecule has 0 unspecified atom stereocenters. The summed E-state index contributed by atoms with van der Waals surface area (Å²) >= 11 is 7.09. The minimum Gasteiger partial charge on any atom is -0.486 e. The summed E-state index contributed by atoms with van der Waals surface area (Å²) < 4.78 is 20.2. The fourth-order valence-corrected chi connectivity index (χ4v) is 2.99. The lowest BCUT2D eigenvalue weighted by molar-refractivity contribution is -0.113. The molecule has 9 heteroatoms. The second-order valence-electron chi connectivity index (χ2n) is 5.54. The molecule has 27 heavy (non-hydrogen) atoms. The molecule has 1 N–H and O–H groups in total. The number of amides is 1. The summed E-state index contributed by atoms with van der Waals surface area (Å²) in [5, 5.41) is 12.1. The maximum atomic E-state index is 12.9. The molecule has 0 atom stereocenters. The van der Waals surface area contributed by atoms with Crippen molar-refractivity contribution in [1.82, 2.24) is 14.8 Å². The van der Waals surface area contributed by atoms with Crippen LogP contribution in [0.25, 0.3) is 0 Å². The molecule has 140 valence electrons. The van der Waals surface area contributed by atoms with E-state index in [1.165, 1.54) is 23.9 Å². The average Bonchev–Trinajstić information content (AvgIpc) is 3.01. The summed E-state index contributed by atoms with van der Waals surface area (Å²) in [6, 6.07) is 12.6. The minimum atomic E-state index is -0.323. The molecule has 0 aliphatic heterocycles. The number of halogens is 2. The number of anilines is 1. The Kier molecular flexibility index (Phi) is 6.31. The third-order valence-corrected chi connectivity index (χ3v) is 4.84. The van der Waals surface area contributed by atoms with Crippen LogP contribution in [0.5, 0.6) is 5.75 Å². The standard InChI is InChI=1S/C18H16ClFN4O2S/c1-24-16(10-26-15-8-4-13(20)5-9-15)22-23-18(24)27-11-17(25)21-14-6-2-12(19)3-7-14/h2-9H,10-11H2,1H3,(H,21,25). The van der Waals surface area contributed by atoms with E-state index in [1.54, 1.807) is 48.0 Å². The van der Waals surface area contributed by atoms with E-state index in [4.69, 9.17) is 16.3 Å². The zero-order valence-electron chi connectivity index (χ0n) is 14.4. The van der Waals surface area contributed by atoms with Crippen molar-refractivity contribution in [2.24, 2.45) is 7.05 Å². The minimum absolute atomic E-state index is 0.158. The molecular weight excluding hydrogens is 391 g/mol. The van der Waals surface area contributed by atoms with Crippen molar-refractivity contribution in [1.29, 1.82) is 0 Å². The fraction of sp³-hybridized carbons (Fsp3) is 0.167. The number of carbonyl (C=O) groups is 1. The lowest BCUT2D eigenvalue weighted by Gasteiger charge is -2.07. The first-order valence-electron chi connectivity index (χ1n) is 7.96. The SMILES string of the molecule is Cn1c(COc2ccc(F)cc2)nnc1SCC(=O)Nc1ccc(Cl)cc1. The van der Waals surface area contributed by atoms with Crippen LogP contribution in [0.3, 0.4) is 0 Å². The summed E-state index contributed by atoms with van der Waals surface area (Å²) in [6.45, 7) is 0.187. The van der Waals surface area contributed by atoms with E-state index in [0.717, 1.165) is 0 Å². The van der Waals surface area contributed by atoms with Crippen LogP contribution in [0.2, 0.25) is 5.02 Å². The van der Waals surface area contributed by atoms with Crippen LogP contribution in [0, 0.1) is 5.82 Å². The smallest absolute Gasteiger partial charge is 0.234 e. The van der Waals surface area contributed by atoms with Crippen LogP contribution in [-0.2, 0) is 18.4 Å². The van der Waals surface area contributed by atoms with Gasteiger partial charge in [0.2, 0.25) is 5.91 Å². The highest BCUT2D eigenvalue weighted by Crippen LogP contribution is 2.19. The highest BCUT2D eigenvalue weighted by Gasteiger charge is 2.12. The van der Waals surface area contributed by atoms with Crippen LogP contribution in [0.1, 0.15) is 5.82 Å². The first kappa shape index (κ1) is 19.2. The molecule has 3 rings (SSSR count). The largest absolute Gasteiger partial charge is 0.486 e. The molecule has 1 aromatic heterocycles. The Hall–Kier alpha value is -2.58. The van der Waals surface area contributed by atoms with Crippen molar-refractivity contribution in [3.05, 3.63) is 65.2 Å². The predicted molar refractivity (Wildman–Crippen MR) is 103 cm³/mol. The van der Waals surface area contributed by atoms with E-state index in [0.29, 0.717) is 27.4 Å². The van der Waals surface area contributed by atoms with E-state index in [1.807, 2.05) is 0 Å². The van der Waals surface area contributed by atoms with Crippen molar-refractivity contribution in [2.45, 2.75) is 11.8 Å². The maximum absolute atomic E-state index is 12.9. The van der Waals surface area contributed by atoms with Crippen LogP contribution in [-0.4, -0.2) is 26.4 Å². The lowest BCUT2D eigenvalue weighted by atomic mass is 10.3. The second kappa shape index (κ2) is 8.88. The number of benzene rings is 2. The zero-order chi connectivity index (χ0) is 19.2. The van der Waals surface area contributed by atoms with Gasteiger partial charge in [-0.15, -0.1) is 10.2 Å². The number of ether oxygens (including phenoxy) is 1. The molecule has 6 nitrogen and oxygen atoms in total. The number of hydrogen-bond acceptors (Lipinski definition) is 5. The molecule has 0 saturated carbocycles. The maximum Gasteiger partial charge on any atom is 0.234 e. The summed E-state index contributed by atoms with van der Waals surface area (Å²) in [5.74, 6) is 0.842. The van der Waals surface area contributed by atoms with E-state index < -0.39 is 0 Å². The highest BCUT2D eigenvalue weighted by molar-refractivity contribution is 7.99. The van der Waals surface area contributed by atoms with Gasteiger partial charge in [0.05, 0.1) is 5.75 Å². The Labute approximate surface area is 164 Å². The molecule has 0 aliphatic carbocycles. The van der Waals surface area contributed by atoms with Crippen molar-refractivity contribution in [2.75, 3.05) is 11.1 Å². The molecule has 0 fully saturated rings. The Morgan fingerprint density at radius 3 is 2.59 bits per heavy atom. The quantitative estimate of drug-likeness (QED) is 0.602. The number of aromatic nitrogens is 3. The van der Waals surface area contributed by atoms with E-state index >= 15 is 0 Å². The van der Waals surface area contributed by atoms with Crippen molar-refractivity contribution < 1.29 is 13.9 Å². The molecule has 2 aromatic carbocycles. The second-order valence-corrected chi connectivity index (χ2v) is 6.92. The van der Waals surface area contributed by atoms with Gasteiger partial charge in [0.15, 0.2) is 11.0 Å². The van der Waals surface area contributed by atoms with Gasteiger partial charge >= 0.3 is 0 Å². The van der Waals surface area contributed by atoms with Crippen molar-refractivity contribution in [3.63, 3.8) is 0 Å². The van der Waals surface area contributed by atoms with Crippen LogP contribution >= 0.6 is 23.4 Å². The van der Waals surface area contributed by atoms with Crippen molar-refractivity contribution in [3.8, 4) is 5.75 Å². The zero-order valence-corrected chi connectivity index (χ0v) is 15.9. The molecule has 0 spiro atoms. The van der Waals surface area contributed by atoms with Gasteiger partial charge in [-0.1, -0.05) is 23.4 Å². The first-order chi connectivity index (χ1) is 13.0. The van der Waals surface area contributed by atoms with Crippen molar-refractivity contribution >= 4 is 35.0 Å². The molecule has 0 bridgehead atoms. The Morgan fingerprint density at radius 1 is 1.19 bits per heavy atom. The van der Waals surface area contributed by atoms with E-state index in [2.05, 4.69) is 15.5 Å². The molecule has 3 aromatic rings. The van der Waals surface area contributed by atoms with Gasteiger partial charge in [-0.25, -0.2) is 4.39 Å². The molecule has 0 saturated heterocycles. The Bertz CT molecular complexity index is 916. The highest BCUT2D eigenvalue weighted by atomic mass is 35.5. The first-order valence-corrected chi connectivity index (χ1v) is 9.32. The lowest BCUT2D eigenvalue weighted by Crippen LogP contribution is -2.14. The molecule has 0 aliphatic rings. The summed E-state index contributed by atoms with van der Waals surface area (Å²) in [5.41, 5.74) is 0.677. The van der Waals surface area contributed by atoms with E-state index in [9.17, 15) is 9.18 Å². The predicted octanol–water partition coefficient (Wildman–Crippen LogP) is 3.92. The monoisotopic (exact) mass is 406 g/mol. The number of rotatable bonds is 7. The normalized spacial score (nSPS) is 10.6. The number of carbonyl (C=O) groups excluding carboxylic acids is 1. The van der Waals surface area contributed by atoms with Gasteiger partial charge in [0.25, 0.3) is 0 Å². The van der Waals surface area contributed by atoms with Gasteiger partial charge in [0.1, 0.15) is 18.2 Å². The van der Waals surface area contributed by atoms with Crippen LogP contribution in [0.4, 0.5) is 10.1 Å². The molecular formula is C18H16ClFN4O2S. The number of thioether (sulfide) groups is 1. The topological polar surface area (TPSA) is 69.0 Å². The van der Waals surface area contributed by atoms with E-state index in [-0.39, 0.29) is 24.1 Å². The molecule has 1 heterocycles. The van der Waals surface area contributed by atoms with Gasteiger partial charge in [-0.2, -0.15) is 0 Å². The van der Waals surface area contributed by atoms with Gasteiger partial charge in [-0.3, -0.25) is 4.79 Å². The number of nitrogens with zero attached hydrogens (tertiary/aromatic N) is 3. The third kappa shape index (κ3) is 5.45. The fourth-order valence-electron chi connectivity index (χ4n) is 2.14.